The monoisotopic (exact) mass is 570 g/mol. The Morgan fingerprint density at radius 2 is 1.76 bits per heavy atom. The molecule has 2 fully saturated rings. The minimum absolute atomic E-state index is 0.0617. The van der Waals surface area contributed by atoms with E-state index in [2.05, 4.69) is 82.5 Å². The number of nitrogens with zero attached hydrogens (tertiary/aromatic N) is 3. The summed E-state index contributed by atoms with van der Waals surface area (Å²) in [5.41, 5.74) is 3.33. The van der Waals surface area contributed by atoms with Crippen LogP contribution < -0.4 is 5.32 Å². The summed E-state index contributed by atoms with van der Waals surface area (Å²) in [6.45, 7) is 10.7. The summed E-state index contributed by atoms with van der Waals surface area (Å²) in [5.74, 6) is 0.129. The first-order valence-electron chi connectivity index (χ1n) is 15.3. The van der Waals surface area contributed by atoms with E-state index < -0.39 is 5.54 Å². The van der Waals surface area contributed by atoms with Gasteiger partial charge in [0.25, 0.3) is 0 Å². The largest absolute Gasteiger partial charge is 0.375 e. The van der Waals surface area contributed by atoms with E-state index in [0.717, 1.165) is 45.7 Å². The van der Waals surface area contributed by atoms with Crippen molar-refractivity contribution in [1.29, 1.82) is 0 Å². The molecular formula is C35H46N4O3. The molecule has 0 saturated carbocycles. The van der Waals surface area contributed by atoms with Crippen LogP contribution in [0.1, 0.15) is 66.4 Å². The number of rotatable bonds is 12. The molecule has 2 atom stereocenters. The van der Waals surface area contributed by atoms with Gasteiger partial charge in [0, 0.05) is 51.9 Å². The maximum absolute atomic E-state index is 14.0. The third-order valence-corrected chi connectivity index (χ3v) is 8.70. The van der Waals surface area contributed by atoms with Crippen LogP contribution in [-0.2, 0) is 22.6 Å². The quantitative estimate of drug-likeness (QED) is 0.297. The molecular weight excluding hydrogens is 524 g/mol. The van der Waals surface area contributed by atoms with E-state index in [1.54, 1.807) is 6.20 Å². The third-order valence-electron chi connectivity index (χ3n) is 8.70. The van der Waals surface area contributed by atoms with Gasteiger partial charge in [-0.15, -0.1) is 0 Å². The second-order valence-corrected chi connectivity index (χ2v) is 12.3. The number of hydrogen-bond acceptors (Lipinski definition) is 7. The Labute approximate surface area is 251 Å². The smallest absolute Gasteiger partial charge is 0.201 e. The van der Waals surface area contributed by atoms with Gasteiger partial charge >= 0.3 is 0 Å². The van der Waals surface area contributed by atoms with Crippen molar-refractivity contribution in [2.24, 2.45) is 0 Å². The molecule has 0 radical (unpaired) electrons. The molecule has 0 spiro atoms. The predicted octanol–water partition coefficient (Wildman–Crippen LogP) is 5.28. The number of pyridine rings is 1. The topological polar surface area (TPSA) is 66.9 Å². The van der Waals surface area contributed by atoms with Crippen LogP contribution in [0.3, 0.4) is 0 Å². The van der Waals surface area contributed by atoms with Crippen molar-refractivity contribution in [2.45, 2.75) is 63.5 Å². The van der Waals surface area contributed by atoms with Gasteiger partial charge < -0.3 is 14.8 Å². The van der Waals surface area contributed by atoms with E-state index in [1.807, 2.05) is 31.3 Å². The zero-order valence-electron chi connectivity index (χ0n) is 25.4. The fourth-order valence-electron chi connectivity index (χ4n) is 6.58. The Kier molecular flexibility index (Phi) is 10.2. The molecule has 1 unspecified atom stereocenters. The molecule has 7 heteroatoms. The molecule has 1 N–H and O–H groups in total. The van der Waals surface area contributed by atoms with E-state index in [1.165, 1.54) is 16.7 Å². The Morgan fingerprint density at radius 3 is 2.48 bits per heavy atom. The van der Waals surface area contributed by atoms with Gasteiger partial charge in [-0.25, -0.2) is 0 Å². The van der Waals surface area contributed by atoms with Crippen LogP contribution >= 0.6 is 0 Å². The summed E-state index contributed by atoms with van der Waals surface area (Å²) in [6, 6.07) is 24.9. The molecule has 2 aromatic carbocycles. The van der Waals surface area contributed by atoms with Gasteiger partial charge in [-0.2, -0.15) is 0 Å². The highest BCUT2D eigenvalue weighted by Crippen LogP contribution is 2.39. The summed E-state index contributed by atoms with van der Waals surface area (Å²) < 4.78 is 12.5. The molecule has 0 amide bonds. The second kappa shape index (κ2) is 14.0. The molecule has 0 aliphatic carbocycles. The summed E-state index contributed by atoms with van der Waals surface area (Å²) in [5, 5.41) is 3.25. The van der Waals surface area contributed by atoms with Gasteiger partial charge in [0.15, 0.2) is 0 Å². The summed E-state index contributed by atoms with van der Waals surface area (Å²) >= 11 is 0. The molecule has 2 saturated heterocycles. The maximum atomic E-state index is 14.0. The van der Waals surface area contributed by atoms with Gasteiger partial charge in [-0.1, -0.05) is 60.7 Å². The number of Topliss-reactive ketones (excluding diaryl/α,β-unsaturated/α-hetero) is 1. The lowest BCUT2D eigenvalue weighted by molar-refractivity contribution is -0.113. The fraction of sp³-hybridized carbons (Fsp3) is 0.486. The number of ether oxygens (including phenoxy) is 2. The van der Waals surface area contributed by atoms with Crippen LogP contribution in [-0.4, -0.2) is 78.1 Å². The molecule has 224 valence electrons. The lowest BCUT2D eigenvalue weighted by Gasteiger charge is -2.52. The molecule has 0 bridgehead atoms. The highest BCUT2D eigenvalue weighted by Gasteiger charge is 2.51. The average molecular weight is 571 g/mol. The number of carbonyl (C=O) groups excluding carboxylic acids is 1. The molecule has 3 heterocycles. The highest BCUT2D eigenvalue weighted by atomic mass is 16.5. The first-order valence-corrected chi connectivity index (χ1v) is 15.3. The molecule has 2 aliphatic heterocycles. The van der Waals surface area contributed by atoms with E-state index in [0.29, 0.717) is 31.7 Å². The van der Waals surface area contributed by atoms with Crippen molar-refractivity contribution in [3.63, 3.8) is 0 Å². The maximum Gasteiger partial charge on any atom is 0.201 e. The van der Waals surface area contributed by atoms with Crippen molar-refractivity contribution < 1.29 is 14.3 Å². The van der Waals surface area contributed by atoms with Gasteiger partial charge in [-0.05, 0) is 69.1 Å². The van der Waals surface area contributed by atoms with Crippen molar-refractivity contribution in [3.8, 4) is 0 Å². The fourth-order valence-corrected chi connectivity index (χ4v) is 6.58. The number of nitrogens with one attached hydrogen (secondary N) is 1. The van der Waals surface area contributed by atoms with Crippen LogP contribution in [0.25, 0.3) is 0 Å². The lowest BCUT2D eigenvalue weighted by atomic mass is 9.75. The van der Waals surface area contributed by atoms with Gasteiger partial charge in [-0.3, -0.25) is 19.6 Å². The zero-order chi connectivity index (χ0) is 29.4. The van der Waals surface area contributed by atoms with Crippen LogP contribution in [0.2, 0.25) is 0 Å². The third kappa shape index (κ3) is 7.52. The Balaban J connectivity index is 1.21. The van der Waals surface area contributed by atoms with Crippen LogP contribution in [0.15, 0.2) is 79.0 Å². The zero-order valence-corrected chi connectivity index (χ0v) is 25.4. The van der Waals surface area contributed by atoms with Crippen LogP contribution in [0, 0.1) is 0 Å². The number of piperazine rings is 1. The van der Waals surface area contributed by atoms with E-state index in [-0.39, 0.29) is 17.5 Å². The van der Waals surface area contributed by atoms with Gasteiger partial charge in [0.1, 0.15) is 5.69 Å². The Hall–Kier alpha value is -2.94. The molecule has 1 aromatic heterocycles. The number of ketones is 1. The Morgan fingerprint density at radius 1 is 1.00 bits per heavy atom. The van der Waals surface area contributed by atoms with Crippen molar-refractivity contribution in [3.05, 3.63) is 101 Å². The minimum atomic E-state index is -0.581. The SMILES string of the molecule is CNCC[C@@H](OCc1cccc(CN2CCN(C3(C(=O)c4ccccn4)CCOC(C)(C)C3)CC2)c1)c1ccccc1. The lowest BCUT2D eigenvalue weighted by Crippen LogP contribution is -2.65. The second-order valence-electron chi connectivity index (χ2n) is 12.3. The molecule has 7 nitrogen and oxygen atoms in total. The predicted molar refractivity (Wildman–Crippen MR) is 166 cm³/mol. The summed E-state index contributed by atoms with van der Waals surface area (Å²) in [4.78, 5) is 23.3. The van der Waals surface area contributed by atoms with Gasteiger partial charge in [0.2, 0.25) is 5.78 Å². The highest BCUT2D eigenvalue weighted by molar-refractivity contribution is 6.02. The minimum Gasteiger partial charge on any atom is -0.375 e. The van der Waals surface area contributed by atoms with E-state index in [4.69, 9.17) is 9.47 Å². The van der Waals surface area contributed by atoms with Gasteiger partial charge in [0.05, 0.1) is 23.9 Å². The molecule has 2 aliphatic rings. The number of benzene rings is 2. The van der Waals surface area contributed by atoms with Crippen LogP contribution in [0.5, 0.6) is 0 Å². The average Bonchev–Trinajstić information content (AvgIpc) is 3.01. The first kappa shape index (κ1) is 30.5. The van der Waals surface area contributed by atoms with Crippen molar-refractivity contribution in [1.82, 2.24) is 20.1 Å². The van der Waals surface area contributed by atoms with Crippen molar-refractivity contribution in [2.75, 3.05) is 46.4 Å². The number of aromatic nitrogens is 1. The first-order chi connectivity index (χ1) is 20.4. The number of hydrogen-bond donors (Lipinski definition) is 1. The summed E-state index contributed by atoms with van der Waals surface area (Å²) in [7, 11) is 1.98. The number of carbonyl (C=O) groups is 1. The molecule has 5 rings (SSSR count). The summed E-state index contributed by atoms with van der Waals surface area (Å²) in [6.07, 6.45) is 4.08. The molecule has 3 aromatic rings. The Bertz CT molecular complexity index is 1280. The standard InChI is InChI=1S/C35H46N4O3/c1-34(2)27-35(16-23-42-34,33(40)31-14-7-8-17-37-31)39-21-19-38(20-22-39)25-28-10-9-11-29(24-28)26-41-32(15-18-36-3)30-12-5-4-6-13-30/h4-14,17,24,32,36H,15-16,18-23,25-27H2,1-3H3/t32-,35?/m1/s1. The van der Waals surface area contributed by atoms with Crippen LogP contribution in [0.4, 0.5) is 0 Å². The van der Waals surface area contributed by atoms with E-state index in [9.17, 15) is 4.79 Å². The van der Waals surface area contributed by atoms with Crippen molar-refractivity contribution >= 4 is 5.78 Å². The molecule has 42 heavy (non-hydrogen) atoms. The normalized spacial score (nSPS) is 22.1. The van der Waals surface area contributed by atoms with E-state index >= 15 is 0 Å².